The second-order valence-corrected chi connectivity index (χ2v) is 7.57. The van der Waals surface area contributed by atoms with Crippen LogP contribution in [0.1, 0.15) is 6.92 Å². The molecule has 2 aromatic carbocycles. The maximum atomic E-state index is 13.2. The highest BCUT2D eigenvalue weighted by Crippen LogP contribution is 2.42. The molecule has 4 rings (SSSR count). The maximum absolute atomic E-state index is 13.2. The van der Waals surface area contributed by atoms with Gasteiger partial charge in [0.25, 0.3) is 0 Å². The summed E-state index contributed by atoms with van der Waals surface area (Å²) in [5, 5.41) is 81.0. The van der Waals surface area contributed by atoms with Gasteiger partial charge in [0, 0.05) is 17.7 Å². The van der Waals surface area contributed by atoms with Crippen LogP contribution in [0.3, 0.4) is 0 Å². The van der Waals surface area contributed by atoms with Crippen LogP contribution < -0.4 is 15.3 Å². The molecule has 7 N–H and O–H groups in total. The molecule has 12 heteroatoms. The summed E-state index contributed by atoms with van der Waals surface area (Å²) >= 11 is 0. The van der Waals surface area contributed by atoms with Crippen molar-refractivity contribution in [3.05, 3.63) is 34.5 Å². The van der Waals surface area contributed by atoms with Crippen molar-refractivity contribution in [1.82, 2.24) is 0 Å². The highest BCUT2D eigenvalue weighted by molar-refractivity contribution is 5.88. The highest BCUT2D eigenvalue weighted by Gasteiger charge is 2.44. The minimum Gasteiger partial charge on any atom is -0.867 e. The Bertz CT molecular complexity index is 1260. The summed E-state index contributed by atoms with van der Waals surface area (Å²) in [6.45, 7) is 1.39. The third-order valence-electron chi connectivity index (χ3n) is 5.27. The fourth-order valence-corrected chi connectivity index (χ4v) is 3.52. The first-order valence-corrected chi connectivity index (χ1v) is 9.62. The largest absolute Gasteiger partial charge is 0.867 e. The molecule has 176 valence electrons. The Labute approximate surface area is 184 Å². The van der Waals surface area contributed by atoms with Crippen LogP contribution in [-0.4, -0.2) is 66.5 Å². The molecule has 1 aliphatic heterocycles. The van der Waals surface area contributed by atoms with E-state index in [0.29, 0.717) is 0 Å². The molecule has 2 heterocycles. The molecule has 33 heavy (non-hydrogen) atoms. The number of hydrogen-bond acceptors (Lipinski definition) is 12. The molecule has 0 aliphatic carbocycles. The highest BCUT2D eigenvalue weighted by atomic mass is 16.7. The average molecular weight is 463 g/mol. The summed E-state index contributed by atoms with van der Waals surface area (Å²) in [5.41, 5.74) is -1.52. The van der Waals surface area contributed by atoms with Crippen LogP contribution in [0, 0.1) is 0 Å². The second-order valence-electron chi connectivity index (χ2n) is 7.57. The van der Waals surface area contributed by atoms with Crippen LogP contribution in [0.4, 0.5) is 0 Å². The van der Waals surface area contributed by atoms with Gasteiger partial charge in [-0.15, -0.1) is 0 Å². The first-order valence-electron chi connectivity index (χ1n) is 9.62. The second kappa shape index (κ2) is 8.01. The molecule has 1 aliphatic rings. The van der Waals surface area contributed by atoms with Gasteiger partial charge in [-0.1, -0.05) is 0 Å². The van der Waals surface area contributed by atoms with Gasteiger partial charge in [-0.3, -0.25) is 4.79 Å². The summed E-state index contributed by atoms with van der Waals surface area (Å²) in [5.74, 6) is -5.09. The molecule has 1 saturated heterocycles. The number of ether oxygens (including phenoxy) is 2. The minimum atomic E-state index is -1.81. The topological polar surface area (TPSA) is 213 Å². The van der Waals surface area contributed by atoms with Gasteiger partial charge in [0.2, 0.25) is 17.5 Å². The van der Waals surface area contributed by atoms with Crippen molar-refractivity contribution >= 4 is 11.0 Å². The lowest BCUT2D eigenvalue weighted by Crippen LogP contribution is -2.58. The number of rotatable bonds is 3. The van der Waals surface area contributed by atoms with E-state index in [2.05, 4.69) is 0 Å². The number of aliphatic hydroxyl groups is 3. The van der Waals surface area contributed by atoms with Crippen molar-refractivity contribution in [1.29, 1.82) is 0 Å². The molecule has 12 nitrogen and oxygen atoms in total. The van der Waals surface area contributed by atoms with Gasteiger partial charge in [-0.2, -0.15) is 0 Å². The Morgan fingerprint density at radius 1 is 0.909 bits per heavy atom. The van der Waals surface area contributed by atoms with Crippen LogP contribution >= 0.6 is 0 Å². The number of phenols is 4. The Morgan fingerprint density at radius 3 is 2.18 bits per heavy atom. The lowest BCUT2D eigenvalue weighted by atomic mass is 10.00. The maximum Gasteiger partial charge on any atom is 0.239 e. The summed E-state index contributed by atoms with van der Waals surface area (Å²) in [4.78, 5) is 13.2. The van der Waals surface area contributed by atoms with Crippen molar-refractivity contribution in [3.8, 4) is 45.8 Å². The molecule has 0 saturated carbocycles. The van der Waals surface area contributed by atoms with Crippen molar-refractivity contribution in [2.75, 3.05) is 0 Å². The molecular weight excluding hydrogens is 444 g/mol. The zero-order valence-electron chi connectivity index (χ0n) is 16.9. The van der Waals surface area contributed by atoms with Gasteiger partial charge >= 0.3 is 0 Å². The standard InChI is InChI=1S/C21H20O12/c1-6-14(26)17(29)18(30)21(31-6)33-20-16(28)13-9(23)4-8(22)5-12(13)32-19(20)7-2-10(24)15(27)11(25)3-7/h2-6,14,17-18,21-27,29-30H,1H3/p-1/t6-,14-,17+,18+,21-/m0/s1. The van der Waals surface area contributed by atoms with Crippen LogP contribution in [0.2, 0.25) is 0 Å². The van der Waals surface area contributed by atoms with Crippen molar-refractivity contribution < 1.29 is 54.7 Å². The molecule has 5 atom stereocenters. The molecule has 0 bridgehead atoms. The number of aliphatic hydroxyl groups excluding tert-OH is 3. The number of phenolic OH excluding ortho intramolecular Hbond substituents is 4. The smallest absolute Gasteiger partial charge is 0.239 e. The quantitative estimate of drug-likeness (QED) is 0.263. The van der Waals surface area contributed by atoms with Crippen LogP contribution in [0.15, 0.2) is 33.5 Å². The zero-order chi connectivity index (χ0) is 24.2. The van der Waals surface area contributed by atoms with Gasteiger partial charge in [0.15, 0.2) is 5.76 Å². The predicted octanol–water partition coefficient (Wildman–Crippen LogP) is -0.438. The Morgan fingerprint density at radius 2 is 1.55 bits per heavy atom. The Hall–Kier alpha value is -3.71. The van der Waals surface area contributed by atoms with E-state index in [9.17, 15) is 45.6 Å². The summed E-state index contributed by atoms with van der Waals surface area (Å²) in [7, 11) is 0. The third kappa shape index (κ3) is 3.74. The number of benzene rings is 2. The van der Waals surface area contributed by atoms with Crippen LogP contribution in [0.5, 0.6) is 34.5 Å². The summed E-state index contributed by atoms with van der Waals surface area (Å²) in [6.07, 6.45) is -7.63. The molecule has 0 radical (unpaired) electrons. The van der Waals surface area contributed by atoms with Crippen molar-refractivity contribution in [2.24, 2.45) is 0 Å². The van der Waals surface area contributed by atoms with E-state index >= 15 is 0 Å². The summed E-state index contributed by atoms with van der Waals surface area (Å²) < 4.78 is 16.5. The van der Waals surface area contributed by atoms with E-state index in [1.807, 2.05) is 0 Å². The van der Waals surface area contributed by atoms with Gasteiger partial charge in [0.05, 0.1) is 6.10 Å². The van der Waals surface area contributed by atoms with Crippen molar-refractivity contribution in [2.45, 2.75) is 37.6 Å². The molecule has 1 aromatic heterocycles. The molecule has 3 aromatic rings. The number of aromatic hydroxyl groups is 4. The van der Waals surface area contributed by atoms with E-state index in [4.69, 9.17) is 13.9 Å². The third-order valence-corrected chi connectivity index (χ3v) is 5.27. The average Bonchev–Trinajstić information content (AvgIpc) is 2.74. The van der Waals surface area contributed by atoms with Gasteiger partial charge in [0.1, 0.15) is 52.3 Å². The molecule has 1 fully saturated rings. The van der Waals surface area contributed by atoms with Crippen LogP contribution in [0.25, 0.3) is 22.3 Å². The van der Waals surface area contributed by atoms with E-state index < -0.39 is 81.8 Å². The van der Waals surface area contributed by atoms with Gasteiger partial charge in [-0.05, 0) is 24.8 Å². The molecular formula is C21H19O12-. The Balaban J connectivity index is 1.95. The molecule has 0 amide bonds. The van der Waals surface area contributed by atoms with E-state index in [1.54, 1.807) is 0 Å². The van der Waals surface area contributed by atoms with Gasteiger partial charge < -0.3 is 54.7 Å². The first-order chi connectivity index (χ1) is 15.5. The summed E-state index contributed by atoms with van der Waals surface area (Å²) in [6, 6.07) is 3.64. The first kappa shape index (κ1) is 22.5. The van der Waals surface area contributed by atoms with E-state index in [-0.39, 0.29) is 11.1 Å². The Kier molecular flexibility index (Phi) is 5.46. The van der Waals surface area contributed by atoms with Crippen molar-refractivity contribution in [3.63, 3.8) is 0 Å². The normalized spacial score (nSPS) is 25.3. The van der Waals surface area contributed by atoms with E-state index in [1.165, 1.54) is 6.92 Å². The van der Waals surface area contributed by atoms with Crippen LogP contribution in [-0.2, 0) is 4.74 Å². The lowest BCUT2D eigenvalue weighted by Gasteiger charge is -2.38. The fraction of sp³-hybridized carbons (Fsp3) is 0.286. The monoisotopic (exact) mass is 463 g/mol. The van der Waals surface area contributed by atoms with E-state index in [0.717, 1.165) is 24.3 Å². The van der Waals surface area contributed by atoms with Gasteiger partial charge in [-0.25, -0.2) is 0 Å². The number of fused-ring (bicyclic) bond motifs is 1. The minimum absolute atomic E-state index is 0.208. The predicted molar refractivity (Wildman–Crippen MR) is 107 cm³/mol. The number of hydrogen-bond donors (Lipinski definition) is 7. The SMILES string of the molecule is C[C@@H]1O[C@@H](Oc2c(-c3cc(O)c([O-])c(O)c3)oc3cc(O)cc(O)c3c2=O)[C@H](O)[C@H](O)[C@H]1O. The molecule has 0 spiro atoms. The lowest BCUT2D eigenvalue weighted by molar-refractivity contribution is -0.272. The molecule has 0 unspecified atom stereocenters. The fourth-order valence-electron chi connectivity index (χ4n) is 3.52. The zero-order valence-corrected chi connectivity index (χ0v) is 16.9.